The fourth-order valence-electron chi connectivity index (χ4n) is 3.02. The average Bonchev–Trinajstić information content (AvgIpc) is 3.49. The summed E-state index contributed by atoms with van der Waals surface area (Å²) in [6.45, 7) is 3.97. The van der Waals surface area contributed by atoms with Gasteiger partial charge in [0.2, 0.25) is 0 Å². The van der Waals surface area contributed by atoms with E-state index in [1.807, 2.05) is 65.6 Å². The number of aryl methyl sites for hydroxylation is 1. The molecule has 0 saturated carbocycles. The second kappa shape index (κ2) is 11.6. The van der Waals surface area contributed by atoms with Crippen molar-refractivity contribution >= 4 is 0 Å². The van der Waals surface area contributed by atoms with Crippen molar-refractivity contribution in [2.24, 2.45) is 5.73 Å². The Labute approximate surface area is 187 Å². The quantitative estimate of drug-likeness (QED) is 0.453. The molecule has 9 heteroatoms. The molecule has 0 bridgehead atoms. The van der Waals surface area contributed by atoms with E-state index in [0.29, 0.717) is 13.1 Å². The highest BCUT2D eigenvalue weighted by Crippen LogP contribution is 2.13. The van der Waals surface area contributed by atoms with E-state index in [2.05, 4.69) is 27.5 Å². The number of nitrogens with zero attached hydrogens (tertiary/aromatic N) is 6. The standard InChI is InChI=1S/C12H15N3O.C11H14N4O/c1-3-11-8-13-14-15(11)9-10-4-6-12(16-2)7-5-10;1-16-11-4-2-9(3-5-11)7-15-8-10(6-12)13-14-15/h4-8H,3,9H2,1-2H3;2-5,8H,6-7,12H2,1H3. The van der Waals surface area contributed by atoms with Crippen LogP contribution in [0.25, 0.3) is 0 Å². The molecule has 9 nitrogen and oxygen atoms in total. The molecule has 4 rings (SSSR count). The molecule has 0 saturated heterocycles. The van der Waals surface area contributed by atoms with Crippen molar-refractivity contribution in [3.63, 3.8) is 0 Å². The number of nitrogens with two attached hydrogens (primary N) is 1. The first-order valence-electron chi connectivity index (χ1n) is 10.4. The van der Waals surface area contributed by atoms with E-state index in [0.717, 1.165) is 41.4 Å². The van der Waals surface area contributed by atoms with Crippen LogP contribution < -0.4 is 15.2 Å². The third-order valence-corrected chi connectivity index (χ3v) is 4.85. The molecule has 0 aliphatic rings. The smallest absolute Gasteiger partial charge is 0.118 e. The van der Waals surface area contributed by atoms with Crippen molar-refractivity contribution in [3.05, 3.63) is 83.4 Å². The van der Waals surface area contributed by atoms with E-state index in [1.165, 1.54) is 5.56 Å². The lowest BCUT2D eigenvalue weighted by atomic mass is 10.2. The lowest BCUT2D eigenvalue weighted by Gasteiger charge is -2.05. The van der Waals surface area contributed by atoms with Crippen LogP contribution >= 0.6 is 0 Å². The lowest BCUT2D eigenvalue weighted by molar-refractivity contribution is 0.414. The summed E-state index contributed by atoms with van der Waals surface area (Å²) >= 11 is 0. The Morgan fingerprint density at radius 1 is 0.844 bits per heavy atom. The third-order valence-electron chi connectivity index (χ3n) is 4.85. The summed E-state index contributed by atoms with van der Waals surface area (Å²) in [6.07, 6.45) is 4.61. The van der Waals surface area contributed by atoms with E-state index in [1.54, 1.807) is 18.9 Å². The molecule has 0 aliphatic carbocycles. The minimum Gasteiger partial charge on any atom is -0.497 e. The zero-order chi connectivity index (χ0) is 22.8. The summed E-state index contributed by atoms with van der Waals surface area (Å²) in [4.78, 5) is 0. The van der Waals surface area contributed by atoms with Crippen molar-refractivity contribution in [3.8, 4) is 11.5 Å². The van der Waals surface area contributed by atoms with Crippen LogP contribution in [-0.2, 0) is 26.1 Å². The molecule has 0 atom stereocenters. The number of benzene rings is 2. The van der Waals surface area contributed by atoms with Crippen LogP contribution in [0.5, 0.6) is 11.5 Å². The average molecular weight is 436 g/mol. The summed E-state index contributed by atoms with van der Waals surface area (Å²) in [6, 6.07) is 15.9. The van der Waals surface area contributed by atoms with Gasteiger partial charge in [0.05, 0.1) is 51.1 Å². The van der Waals surface area contributed by atoms with Gasteiger partial charge in [0, 0.05) is 6.54 Å². The summed E-state index contributed by atoms with van der Waals surface area (Å²) in [7, 11) is 3.32. The number of methoxy groups -OCH3 is 2. The Hall–Kier alpha value is -3.72. The van der Waals surface area contributed by atoms with Gasteiger partial charge in [0.1, 0.15) is 11.5 Å². The lowest BCUT2D eigenvalue weighted by Crippen LogP contribution is -2.05. The maximum absolute atomic E-state index is 5.46. The van der Waals surface area contributed by atoms with Gasteiger partial charge in [0.15, 0.2) is 0 Å². The Balaban J connectivity index is 0.000000181. The Bertz CT molecular complexity index is 1070. The molecule has 2 aromatic carbocycles. The number of hydrogen-bond donors (Lipinski definition) is 1. The minimum absolute atomic E-state index is 0.419. The van der Waals surface area contributed by atoms with Crippen molar-refractivity contribution in [1.29, 1.82) is 0 Å². The van der Waals surface area contributed by atoms with E-state index < -0.39 is 0 Å². The molecule has 168 valence electrons. The van der Waals surface area contributed by atoms with Crippen LogP contribution in [0.1, 0.15) is 29.4 Å². The molecule has 0 radical (unpaired) electrons. The van der Waals surface area contributed by atoms with Crippen molar-refractivity contribution in [1.82, 2.24) is 30.0 Å². The van der Waals surface area contributed by atoms with E-state index in [-0.39, 0.29) is 0 Å². The molecule has 4 aromatic rings. The molecule has 32 heavy (non-hydrogen) atoms. The number of hydrogen-bond acceptors (Lipinski definition) is 7. The largest absolute Gasteiger partial charge is 0.497 e. The molecule has 2 aromatic heterocycles. The van der Waals surface area contributed by atoms with Gasteiger partial charge in [0.25, 0.3) is 0 Å². The summed E-state index contributed by atoms with van der Waals surface area (Å²) in [5.41, 5.74) is 9.75. The second-order valence-corrected chi connectivity index (χ2v) is 7.04. The van der Waals surface area contributed by atoms with Crippen molar-refractivity contribution in [2.45, 2.75) is 33.0 Å². The molecule has 2 N–H and O–H groups in total. The monoisotopic (exact) mass is 435 g/mol. The van der Waals surface area contributed by atoms with Gasteiger partial charge in [-0.25, -0.2) is 9.36 Å². The van der Waals surface area contributed by atoms with E-state index in [9.17, 15) is 0 Å². The first-order chi connectivity index (χ1) is 15.6. The second-order valence-electron chi connectivity index (χ2n) is 7.04. The van der Waals surface area contributed by atoms with Crippen LogP contribution in [0.2, 0.25) is 0 Å². The van der Waals surface area contributed by atoms with Crippen LogP contribution in [0.15, 0.2) is 60.9 Å². The summed E-state index contributed by atoms with van der Waals surface area (Å²) in [5.74, 6) is 1.73. The molecular formula is C23H29N7O2. The van der Waals surface area contributed by atoms with Gasteiger partial charge in [-0.2, -0.15) is 0 Å². The van der Waals surface area contributed by atoms with Crippen LogP contribution in [0.4, 0.5) is 0 Å². The van der Waals surface area contributed by atoms with Gasteiger partial charge in [-0.05, 0) is 41.8 Å². The van der Waals surface area contributed by atoms with Gasteiger partial charge < -0.3 is 15.2 Å². The third kappa shape index (κ3) is 6.39. The van der Waals surface area contributed by atoms with Gasteiger partial charge in [-0.1, -0.05) is 41.6 Å². The van der Waals surface area contributed by atoms with Crippen LogP contribution in [-0.4, -0.2) is 44.2 Å². The van der Waals surface area contributed by atoms with Crippen LogP contribution in [0.3, 0.4) is 0 Å². The molecule has 0 spiro atoms. The number of rotatable bonds is 8. The molecule has 0 amide bonds. The van der Waals surface area contributed by atoms with Gasteiger partial charge in [-0.3, -0.25) is 0 Å². The first kappa shape index (κ1) is 23.0. The predicted octanol–water partition coefficient (Wildman–Crippen LogP) is 2.69. The zero-order valence-corrected chi connectivity index (χ0v) is 18.7. The Morgan fingerprint density at radius 2 is 1.44 bits per heavy atom. The highest BCUT2D eigenvalue weighted by Gasteiger charge is 2.03. The number of aromatic nitrogens is 6. The Kier molecular flexibility index (Phi) is 8.33. The Morgan fingerprint density at radius 3 is 1.94 bits per heavy atom. The van der Waals surface area contributed by atoms with Crippen molar-refractivity contribution in [2.75, 3.05) is 14.2 Å². The number of ether oxygens (including phenoxy) is 2. The molecule has 0 fully saturated rings. The maximum atomic E-state index is 5.46. The van der Waals surface area contributed by atoms with Gasteiger partial charge in [-0.15, -0.1) is 10.2 Å². The van der Waals surface area contributed by atoms with E-state index >= 15 is 0 Å². The SMILES string of the molecule is CCc1cnnn1Cc1ccc(OC)cc1.COc1ccc(Cn2cc(CN)nn2)cc1. The fraction of sp³-hybridized carbons (Fsp3) is 0.304. The highest BCUT2D eigenvalue weighted by molar-refractivity contribution is 5.28. The zero-order valence-electron chi connectivity index (χ0n) is 18.7. The highest BCUT2D eigenvalue weighted by atomic mass is 16.5. The summed E-state index contributed by atoms with van der Waals surface area (Å²) in [5, 5.41) is 15.9. The normalized spacial score (nSPS) is 10.4. The van der Waals surface area contributed by atoms with E-state index in [4.69, 9.17) is 15.2 Å². The molecule has 0 unspecified atom stereocenters. The summed E-state index contributed by atoms with van der Waals surface area (Å²) < 4.78 is 13.9. The van der Waals surface area contributed by atoms with Crippen LogP contribution in [0, 0.1) is 0 Å². The maximum Gasteiger partial charge on any atom is 0.118 e. The minimum atomic E-state index is 0.419. The first-order valence-corrected chi connectivity index (χ1v) is 10.4. The predicted molar refractivity (Wildman–Crippen MR) is 122 cm³/mol. The topological polar surface area (TPSA) is 106 Å². The van der Waals surface area contributed by atoms with Gasteiger partial charge >= 0.3 is 0 Å². The molecule has 2 heterocycles. The van der Waals surface area contributed by atoms with Crippen molar-refractivity contribution < 1.29 is 9.47 Å². The molecule has 0 aliphatic heterocycles. The fourth-order valence-corrected chi connectivity index (χ4v) is 3.02. The molecular weight excluding hydrogens is 406 g/mol.